The van der Waals surface area contributed by atoms with Crippen LogP contribution in [0.5, 0.6) is 0 Å². The van der Waals surface area contributed by atoms with Crippen molar-refractivity contribution in [2.45, 2.75) is 19.9 Å². The molecule has 1 aliphatic rings. The molecule has 74 valence electrons. The fourth-order valence-electron chi connectivity index (χ4n) is 1.53. The first-order chi connectivity index (χ1) is 6.04. The normalized spacial score (nSPS) is 19.0. The van der Waals surface area contributed by atoms with E-state index in [0.29, 0.717) is 11.7 Å². The molecule has 0 aromatic rings. The van der Waals surface area contributed by atoms with E-state index in [1.54, 1.807) is 4.90 Å². The van der Waals surface area contributed by atoms with Gasteiger partial charge >= 0.3 is 5.97 Å². The Morgan fingerprint density at radius 3 is 2.62 bits per heavy atom. The molecule has 1 unspecified atom stereocenters. The van der Waals surface area contributed by atoms with Gasteiger partial charge in [0, 0.05) is 13.1 Å². The first kappa shape index (κ1) is 10.2. The zero-order chi connectivity index (χ0) is 10.0. The average Bonchev–Trinajstić information content (AvgIpc) is 2.35. The van der Waals surface area contributed by atoms with Crippen molar-refractivity contribution in [1.82, 2.24) is 10.2 Å². The lowest BCUT2D eigenvalue weighted by atomic mass is 10.0. The van der Waals surface area contributed by atoms with E-state index in [2.05, 4.69) is 5.32 Å². The van der Waals surface area contributed by atoms with E-state index in [4.69, 9.17) is 17.3 Å². The molecule has 1 heterocycles. The SMILES string of the molecule is CC(C)C(C(=O)O)N1CCNC1=S. The fourth-order valence-corrected chi connectivity index (χ4v) is 1.84. The Morgan fingerprint density at radius 2 is 2.31 bits per heavy atom. The summed E-state index contributed by atoms with van der Waals surface area (Å²) in [5.41, 5.74) is 0. The molecule has 0 radical (unpaired) electrons. The van der Waals surface area contributed by atoms with Crippen molar-refractivity contribution in [2.24, 2.45) is 5.92 Å². The molecule has 0 amide bonds. The summed E-state index contributed by atoms with van der Waals surface area (Å²) in [6.45, 7) is 5.21. The smallest absolute Gasteiger partial charge is 0.326 e. The number of nitrogens with one attached hydrogen (secondary N) is 1. The molecule has 1 aliphatic heterocycles. The van der Waals surface area contributed by atoms with E-state index in [1.807, 2.05) is 13.8 Å². The number of nitrogens with zero attached hydrogens (tertiary/aromatic N) is 1. The molecule has 2 N–H and O–H groups in total. The van der Waals surface area contributed by atoms with Crippen molar-refractivity contribution in [2.75, 3.05) is 13.1 Å². The molecule has 5 heteroatoms. The number of rotatable bonds is 3. The molecule has 1 saturated heterocycles. The molecular weight excluding hydrogens is 188 g/mol. The summed E-state index contributed by atoms with van der Waals surface area (Å²) in [4.78, 5) is 12.7. The highest BCUT2D eigenvalue weighted by molar-refractivity contribution is 7.80. The number of carboxylic acid groups (broad SMARTS) is 1. The van der Waals surface area contributed by atoms with Crippen LogP contribution in [0.3, 0.4) is 0 Å². The van der Waals surface area contributed by atoms with Gasteiger partial charge in [0.15, 0.2) is 5.11 Å². The lowest BCUT2D eigenvalue weighted by Crippen LogP contribution is -2.46. The van der Waals surface area contributed by atoms with Crippen LogP contribution in [0.25, 0.3) is 0 Å². The molecule has 0 aromatic heterocycles. The molecule has 0 saturated carbocycles. The third-order valence-electron chi connectivity index (χ3n) is 2.11. The second-order valence-electron chi connectivity index (χ2n) is 3.45. The first-order valence-corrected chi connectivity index (χ1v) is 4.72. The molecule has 13 heavy (non-hydrogen) atoms. The van der Waals surface area contributed by atoms with Crippen LogP contribution in [-0.2, 0) is 4.79 Å². The van der Waals surface area contributed by atoms with E-state index >= 15 is 0 Å². The Labute approximate surface area is 82.9 Å². The summed E-state index contributed by atoms with van der Waals surface area (Å²) in [7, 11) is 0. The fraction of sp³-hybridized carbons (Fsp3) is 0.750. The van der Waals surface area contributed by atoms with Crippen LogP contribution >= 0.6 is 12.2 Å². The van der Waals surface area contributed by atoms with E-state index in [9.17, 15) is 4.79 Å². The number of hydrogen-bond donors (Lipinski definition) is 2. The minimum atomic E-state index is -0.805. The number of aliphatic carboxylic acids is 1. The molecule has 0 bridgehead atoms. The minimum Gasteiger partial charge on any atom is -0.480 e. The van der Waals surface area contributed by atoms with E-state index < -0.39 is 12.0 Å². The predicted octanol–water partition coefficient (Wildman–Crippen LogP) is 0.286. The Kier molecular flexibility index (Phi) is 3.08. The number of hydrogen-bond acceptors (Lipinski definition) is 2. The maximum absolute atomic E-state index is 10.9. The Morgan fingerprint density at radius 1 is 1.69 bits per heavy atom. The number of thiocarbonyl (C=S) groups is 1. The molecule has 0 aliphatic carbocycles. The van der Waals surface area contributed by atoms with Crippen LogP contribution in [-0.4, -0.2) is 40.2 Å². The summed E-state index contributed by atoms with van der Waals surface area (Å²) in [6.07, 6.45) is 0. The largest absolute Gasteiger partial charge is 0.480 e. The monoisotopic (exact) mass is 202 g/mol. The standard InChI is InChI=1S/C8H14N2O2S/c1-5(2)6(7(11)12)10-4-3-9-8(10)13/h5-6H,3-4H2,1-2H3,(H,9,13)(H,11,12). The van der Waals surface area contributed by atoms with Gasteiger partial charge in [-0.15, -0.1) is 0 Å². The Hall–Kier alpha value is -0.840. The first-order valence-electron chi connectivity index (χ1n) is 4.31. The molecule has 0 spiro atoms. The van der Waals surface area contributed by atoms with Crippen molar-refractivity contribution in [3.8, 4) is 0 Å². The van der Waals surface area contributed by atoms with E-state index in [0.717, 1.165) is 6.54 Å². The van der Waals surface area contributed by atoms with Crippen molar-refractivity contribution < 1.29 is 9.90 Å². The van der Waals surface area contributed by atoms with Crippen LogP contribution in [0.1, 0.15) is 13.8 Å². The third kappa shape index (κ3) is 2.09. The van der Waals surface area contributed by atoms with E-state index in [1.165, 1.54) is 0 Å². The van der Waals surface area contributed by atoms with Gasteiger partial charge in [0.05, 0.1) is 0 Å². The summed E-state index contributed by atoms with van der Waals surface area (Å²) in [6, 6.07) is -0.498. The van der Waals surface area contributed by atoms with Gasteiger partial charge in [-0.3, -0.25) is 0 Å². The summed E-state index contributed by atoms with van der Waals surface area (Å²) >= 11 is 5.01. The predicted molar refractivity (Wildman–Crippen MR) is 53.6 cm³/mol. The van der Waals surface area contributed by atoms with Crippen LogP contribution in [0, 0.1) is 5.92 Å². The lowest BCUT2D eigenvalue weighted by molar-refractivity contribution is -0.143. The molecule has 4 nitrogen and oxygen atoms in total. The quantitative estimate of drug-likeness (QED) is 0.644. The van der Waals surface area contributed by atoms with Gasteiger partial charge in [-0.1, -0.05) is 13.8 Å². The third-order valence-corrected chi connectivity index (χ3v) is 2.49. The summed E-state index contributed by atoms with van der Waals surface area (Å²) < 4.78 is 0. The molecular formula is C8H14N2O2S. The molecule has 0 aromatic carbocycles. The van der Waals surface area contributed by atoms with E-state index in [-0.39, 0.29) is 5.92 Å². The molecule has 1 fully saturated rings. The topological polar surface area (TPSA) is 52.6 Å². The molecule has 1 atom stereocenters. The van der Waals surface area contributed by atoms with Gasteiger partial charge in [-0.2, -0.15) is 0 Å². The van der Waals surface area contributed by atoms with Gasteiger partial charge in [-0.25, -0.2) is 4.79 Å². The van der Waals surface area contributed by atoms with Crippen LogP contribution < -0.4 is 5.32 Å². The van der Waals surface area contributed by atoms with Gasteiger partial charge in [0.2, 0.25) is 0 Å². The van der Waals surface area contributed by atoms with Gasteiger partial charge < -0.3 is 15.3 Å². The second-order valence-corrected chi connectivity index (χ2v) is 3.84. The zero-order valence-corrected chi connectivity index (χ0v) is 8.60. The van der Waals surface area contributed by atoms with Crippen molar-refractivity contribution >= 4 is 23.3 Å². The second kappa shape index (κ2) is 3.91. The average molecular weight is 202 g/mol. The van der Waals surface area contributed by atoms with Crippen LogP contribution in [0.2, 0.25) is 0 Å². The van der Waals surface area contributed by atoms with Crippen LogP contribution in [0.4, 0.5) is 0 Å². The van der Waals surface area contributed by atoms with Gasteiger partial charge in [0.1, 0.15) is 6.04 Å². The Bertz CT molecular complexity index is 230. The highest BCUT2D eigenvalue weighted by Gasteiger charge is 2.32. The summed E-state index contributed by atoms with van der Waals surface area (Å²) in [5, 5.41) is 12.5. The number of carboxylic acids is 1. The van der Waals surface area contributed by atoms with Gasteiger partial charge in [-0.05, 0) is 18.1 Å². The van der Waals surface area contributed by atoms with Crippen LogP contribution in [0.15, 0.2) is 0 Å². The molecule has 1 rings (SSSR count). The summed E-state index contributed by atoms with van der Waals surface area (Å²) in [5.74, 6) is -0.739. The lowest BCUT2D eigenvalue weighted by Gasteiger charge is -2.27. The zero-order valence-electron chi connectivity index (χ0n) is 7.78. The van der Waals surface area contributed by atoms with Crippen molar-refractivity contribution in [1.29, 1.82) is 0 Å². The Balaban J connectivity index is 2.75. The maximum atomic E-state index is 10.9. The minimum absolute atomic E-state index is 0.0651. The highest BCUT2D eigenvalue weighted by atomic mass is 32.1. The van der Waals surface area contributed by atoms with Crippen molar-refractivity contribution in [3.05, 3.63) is 0 Å². The maximum Gasteiger partial charge on any atom is 0.326 e. The highest BCUT2D eigenvalue weighted by Crippen LogP contribution is 2.13. The van der Waals surface area contributed by atoms with Gasteiger partial charge in [0.25, 0.3) is 0 Å². The van der Waals surface area contributed by atoms with Crippen molar-refractivity contribution in [3.63, 3.8) is 0 Å². The number of carbonyl (C=O) groups is 1.